The van der Waals surface area contributed by atoms with Crippen LogP contribution in [0.4, 0.5) is 11.4 Å². The molecule has 0 bridgehead atoms. The normalized spacial score (nSPS) is 17.7. The summed E-state index contributed by atoms with van der Waals surface area (Å²) in [5.41, 5.74) is 5.24. The Balaban J connectivity index is 1.30. The molecule has 1 aromatic heterocycles. The average molecular weight is 656 g/mol. The summed E-state index contributed by atoms with van der Waals surface area (Å²) in [6.07, 6.45) is 5.34. The topological polar surface area (TPSA) is 120 Å². The lowest BCUT2D eigenvalue weighted by molar-refractivity contribution is -0.119. The Bertz CT molecular complexity index is 1770. The maximum absolute atomic E-state index is 13.9. The van der Waals surface area contributed by atoms with Gasteiger partial charge in [0.15, 0.2) is 0 Å². The summed E-state index contributed by atoms with van der Waals surface area (Å²) in [6.45, 7) is 7.49. The third kappa shape index (κ3) is 7.60. The number of hydrogen-bond acceptors (Lipinski definition) is 6. The number of amides is 3. The Morgan fingerprint density at radius 3 is 2.60 bits per heavy atom. The lowest BCUT2D eigenvalue weighted by Gasteiger charge is -2.33. The van der Waals surface area contributed by atoms with Gasteiger partial charge in [0.2, 0.25) is 11.8 Å². The molecular formula is C36H42ClN7O3. The first-order chi connectivity index (χ1) is 22.8. The molecule has 0 aliphatic carbocycles. The predicted octanol–water partition coefficient (Wildman–Crippen LogP) is 5.63. The summed E-state index contributed by atoms with van der Waals surface area (Å²) in [7, 11) is 0. The van der Waals surface area contributed by atoms with Crippen molar-refractivity contribution in [2.45, 2.75) is 58.0 Å². The molecule has 2 aliphatic rings. The average Bonchev–Trinajstić information content (AvgIpc) is 3.39. The zero-order chi connectivity index (χ0) is 32.9. The van der Waals surface area contributed by atoms with Crippen LogP contribution >= 0.6 is 11.6 Å². The van der Waals surface area contributed by atoms with Crippen LogP contribution in [0.1, 0.15) is 61.5 Å². The molecule has 3 aromatic carbocycles. The van der Waals surface area contributed by atoms with Gasteiger partial charge in [-0.15, -0.1) is 0 Å². The molecular weight excluding hydrogens is 614 g/mol. The van der Waals surface area contributed by atoms with E-state index in [4.69, 9.17) is 16.6 Å². The third-order valence-electron chi connectivity index (χ3n) is 9.10. The maximum Gasteiger partial charge on any atom is 0.251 e. The molecule has 47 heavy (non-hydrogen) atoms. The molecule has 10 nitrogen and oxygen atoms in total. The molecule has 0 spiro atoms. The fraction of sp³-hybridized carbons (Fsp3) is 0.389. The first-order valence-electron chi connectivity index (χ1n) is 16.5. The molecule has 4 aromatic rings. The Labute approximate surface area is 280 Å². The molecule has 3 heterocycles. The first-order valence-corrected chi connectivity index (χ1v) is 16.9. The molecule has 3 amide bonds. The van der Waals surface area contributed by atoms with Crippen molar-refractivity contribution in [1.29, 1.82) is 0 Å². The van der Waals surface area contributed by atoms with E-state index in [0.29, 0.717) is 53.2 Å². The summed E-state index contributed by atoms with van der Waals surface area (Å²) < 4.78 is 1.99. The number of fused-ring (bicyclic) bond motifs is 5. The second kappa shape index (κ2) is 14.6. The van der Waals surface area contributed by atoms with E-state index in [0.717, 1.165) is 41.8 Å². The van der Waals surface area contributed by atoms with E-state index in [1.165, 1.54) is 32.7 Å². The van der Waals surface area contributed by atoms with Gasteiger partial charge in [0.1, 0.15) is 11.9 Å². The first kappa shape index (κ1) is 32.5. The lowest BCUT2D eigenvalue weighted by atomic mass is 10.0. The van der Waals surface area contributed by atoms with Crippen LogP contribution in [0.25, 0.3) is 22.4 Å². The van der Waals surface area contributed by atoms with Gasteiger partial charge in [-0.25, -0.2) is 4.98 Å². The molecule has 1 fully saturated rings. The Morgan fingerprint density at radius 1 is 1.00 bits per heavy atom. The van der Waals surface area contributed by atoms with Crippen molar-refractivity contribution < 1.29 is 14.4 Å². The molecule has 11 heteroatoms. The number of imidazole rings is 1. The van der Waals surface area contributed by atoms with Crippen molar-refractivity contribution in [1.82, 2.24) is 25.1 Å². The number of piperidine rings is 1. The van der Waals surface area contributed by atoms with Crippen molar-refractivity contribution >= 4 is 51.7 Å². The number of hydrogen-bond donors (Lipinski definition) is 4. The second-order valence-corrected chi connectivity index (χ2v) is 12.9. The van der Waals surface area contributed by atoms with Gasteiger partial charge < -0.3 is 30.7 Å². The molecule has 1 unspecified atom stereocenters. The van der Waals surface area contributed by atoms with Gasteiger partial charge in [0.25, 0.3) is 5.91 Å². The Morgan fingerprint density at radius 2 is 1.81 bits per heavy atom. The zero-order valence-corrected chi connectivity index (χ0v) is 27.7. The summed E-state index contributed by atoms with van der Waals surface area (Å²) >= 11 is 6.16. The van der Waals surface area contributed by atoms with Crippen LogP contribution in [0, 0.1) is 0 Å². The standard InChI is InChI=1S/C36H42ClN7O3/c1-23-6-3-4-18-43(23)19-5-15-39-28-12-13-30-29(22-28)34-41-31-21-26(35(46)40-17-16-38-24(2)45)9-14-32(31)44(34)33(36(47)42-30)20-25-7-10-27(37)11-8-25/h7-14,21-23,33,39H,3-6,15-20H2,1-2H3,(H,38,45)(H,40,46)(H,42,47)/t23?,33-/m0/s1. The number of nitrogens with one attached hydrogen (secondary N) is 4. The fourth-order valence-corrected chi connectivity index (χ4v) is 6.70. The van der Waals surface area contributed by atoms with Crippen LogP contribution < -0.4 is 21.3 Å². The largest absolute Gasteiger partial charge is 0.385 e. The van der Waals surface area contributed by atoms with E-state index in [-0.39, 0.29) is 17.7 Å². The Hall–Kier alpha value is -4.41. The fourth-order valence-electron chi connectivity index (χ4n) is 6.58. The van der Waals surface area contributed by atoms with Gasteiger partial charge in [-0.05, 0) is 86.8 Å². The number of nitrogens with zero attached hydrogens (tertiary/aromatic N) is 3. The van der Waals surface area contributed by atoms with Gasteiger partial charge in [-0.1, -0.05) is 30.2 Å². The predicted molar refractivity (Wildman–Crippen MR) is 187 cm³/mol. The molecule has 0 radical (unpaired) electrons. The van der Waals surface area contributed by atoms with Gasteiger partial charge in [-0.2, -0.15) is 0 Å². The van der Waals surface area contributed by atoms with E-state index < -0.39 is 6.04 Å². The highest BCUT2D eigenvalue weighted by atomic mass is 35.5. The minimum atomic E-state index is -0.594. The number of halogens is 1. The lowest BCUT2D eigenvalue weighted by Crippen LogP contribution is -2.38. The molecule has 2 aliphatic heterocycles. The number of carbonyl (C=O) groups is 3. The van der Waals surface area contributed by atoms with Crippen LogP contribution in [0.5, 0.6) is 0 Å². The van der Waals surface area contributed by atoms with Crippen LogP contribution in [0.3, 0.4) is 0 Å². The van der Waals surface area contributed by atoms with E-state index in [1.54, 1.807) is 12.1 Å². The molecule has 0 saturated carbocycles. The SMILES string of the molecule is CC(=O)NCCNC(=O)c1ccc2c(c1)nc1n2[C@@H](Cc2ccc(Cl)cc2)C(=O)Nc2ccc(NCCCN3CCCCC3C)cc2-1. The minimum absolute atomic E-state index is 0.143. The van der Waals surface area contributed by atoms with E-state index in [9.17, 15) is 14.4 Å². The summed E-state index contributed by atoms with van der Waals surface area (Å²) in [4.78, 5) is 45.7. The highest BCUT2D eigenvalue weighted by molar-refractivity contribution is 6.30. The highest BCUT2D eigenvalue weighted by Gasteiger charge is 2.32. The van der Waals surface area contributed by atoms with Crippen LogP contribution in [0.15, 0.2) is 60.7 Å². The van der Waals surface area contributed by atoms with E-state index >= 15 is 0 Å². The highest BCUT2D eigenvalue weighted by Crippen LogP contribution is 2.39. The van der Waals surface area contributed by atoms with Crippen LogP contribution in [-0.2, 0) is 16.0 Å². The maximum atomic E-state index is 13.9. The summed E-state index contributed by atoms with van der Waals surface area (Å²) in [5.74, 6) is 0.0987. The van der Waals surface area contributed by atoms with Crippen molar-refractivity contribution in [2.24, 2.45) is 0 Å². The van der Waals surface area contributed by atoms with Crippen molar-refractivity contribution in [3.05, 3.63) is 76.8 Å². The number of benzene rings is 3. The summed E-state index contributed by atoms with van der Waals surface area (Å²) in [6, 6.07) is 18.9. The smallest absolute Gasteiger partial charge is 0.251 e. The van der Waals surface area contributed by atoms with Crippen molar-refractivity contribution in [3.8, 4) is 11.4 Å². The van der Waals surface area contributed by atoms with Crippen LogP contribution in [-0.4, -0.2) is 70.9 Å². The Kier molecular flexibility index (Phi) is 10.1. The second-order valence-electron chi connectivity index (χ2n) is 12.5. The minimum Gasteiger partial charge on any atom is -0.385 e. The van der Waals surface area contributed by atoms with Gasteiger partial charge in [-0.3, -0.25) is 14.4 Å². The van der Waals surface area contributed by atoms with Gasteiger partial charge >= 0.3 is 0 Å². The van der Waals surface area contributed by atoms with Crippen molar-refractivity contribution in [3.63, 3.8) is 0 Å². The number of carbonyl (C=O) groups excluding carboxylic acids is 3. The number of rotatable bonds is 11. The molecule has 6 rings (SSSR count). The van der Waals surface area contributed by atoms with Gasteiger partial charge in [0, 0.05) is 67.4 Å². The monoisotopic (exact) mass is 655 g/mol. The molecule has 2 atom stereocenters. The van der Waals surface area contributed by atoms with E-state index in [2.05, 4.69) is 39.2 Å². The molecule has 1 saturated heterocycles. The van der Waals surface area contributed by atoms with E-state index in [1.807, 2.05) is 47.0 Å². The summed E-state index contributed by atoms with van der Waals surface area (Å²) in [5, 5.41) is 12.9. The zero-order valence-electron chi connectivity index (χ0n) is 26.9. The number of aromatic nitrogens is 2. The third-order valence-corrected chi connectivity index (χ3v) is 9.35. The molecule has 4 N–H and O–H groups in total. The molecule has 246 valence electrons. The van der Waals surface area contributed by atoms with Gasteiger partial charge in [0.05, 0.1) is 16.7 Å². The quantitative estimate of drug-likeness (QED) is 0.155. The van der Waals surface area contributed by atoms with Crippen LogP contribution in [0.2, 0.25) is 5.02 Å². The number of anilines is 2. The van der Waals surface area contributed by atoms with Crippen molar-refractivity contribution in [2.75, 3.05) is 43.4 Å². The number of likely N-dealkylation sites (tertiary alicyclic amines) is 1.